The Hall–Kier alpha value is -1.75. The molecule has 0 saturated carbocycles. The number of piperidine rings is 1. The van der Waals surface area contributed by atoms with E-state index in [9.17, 15) is 4.79 Å². The summed E-state index contributed by atoms with van der Waals surface area (Å²) >= 11 is 0. The maximum absolute atomic E-state index is 12.7. The van der Waals surface area contributed by atoms with Crippen LogP contribution < -0.4 is 15.2 Å². The fourth-order valence-electron chi connectivity index (χ4n) is 2.83. The number of hydrogen-bond donors (Lipinski definition) is 1. The first kappa shape index (κ1) is 16.6. The quantitative estimate of drug-likeness (QED) is 0.907. The molecule has 5 heteroatoms. The lowest BCUT2D eigenvalue weighted by molar-refractivity contribution is 0.0623. The number of nitrogens with zero attached hydrogens (tertiary/aromatic N) is 1. The zero-order chi connectivity index (χ0) is 16.1. The van der Waals surface area contributed by atoms with E-state index in [1.165, 1.54) is 0 Å². The van der Waals surface area contributed by atoms with Crippen LogP contribution in [-0.4, -0.2) is 43.2 Å². The number of benzene rings is 1. The highest BCUT2D eigenvalue weighted by atomic mass is 16.5. The molecule has 5 nitrogen and oxygen atoms in total. The minimum atomic E-state index is 0.0181. The second kappa shape index (κ2) is 7.49. The van der Waals surface area contributed by atoms with Gasteiger partial charge in [0.05, 0.1) is 13.2 Å². The predicted octanol–water partition coefficient (Wildman–Crippen LogP) is 2.44. The number of amides is 1. The van der Waals surface area contributed by atoms with Gasteiger partial charge >= 0.3 is 0 Å². The summed E-state index contributed by atoms with van der Waals surface area (Å²) in [6.45, 7) is 5.20. The van der Waals surface area contributed by atoms with E-state index in [1.807, 2.05) is 18.7 Å². The molecule has 122 valence electrons. The molecular formula is C17H26N2O3. The van der Waals surface area contributed by atoms with Crippen LogP contribution in [0.5, 0.6) is 11.5 Å². The lowest BCUT2D eigenvalue weighted by atomic mass is 10.0. The number of hydrogen-bond acceptors (Lipinski definition) is 4. The van der Waals surface area contributed by atoms with Gasteiger partial charge in [-0.1, -0.05) is 0 Å². The van der Waals surface area contributed by atoms with Gasteiger partial charge in [-0.15, -0.1) is 0 Å². The summed E-state index contributed by atoms with van der Waals surface area (Å²) in [6.07, 6.45) is 3.21. The lowest BCUT2D eigenvalue weighted by Gasteiger charge is -2.35. The monoisotopic (exact) mass is 306 g/mol. The Kier molecular flexibility index (Phi) is 5.66. The summed E-state index contributed by atoms with van der Waals surface area (Å²) < 4.78 is 11.0. The van der Waals surface area contributed by atoms with Crippen LogP contribution in [-0.2, 0) is 0 Å². The van der Waals surface area contributed by atoms with Crippen LogP contribution in [0.4, 0.5) is 0 Å². The third-order valence-electron chi connectivity index (χ3n) is 3.93. The van der Waals surface area contributed by atoms with Crippen molar-refractivity contribution in [3.05, 3.63) is 23.8 Å². The van der Waals surface area contributed by atoms with E-state index in [2.05, 4.69) is 0 Å². The standard InChI is InChI=1S/C17H26N2O3/c1-12(2)22-15-8-7-13(10-16(15)21-3)17(20)19-9-5-4-6-14(19)11-18/h7-8,10,12,14H,4-6,9,11,18H2,1-3H3. The highest BCUT2D eigenvalue weighted by Crippen LogP contribution is 2.30. The van der Waals surface area contributed by atoms with Crippen molar-refractivity contribution in [1.82, 2.24) is 4.90 Å². The van der Waals surface area contributed by atoms with Crippen molar-refractivity contribution in [2.45, 2.75) is 45.3 Å². The van der Waals surface area contributed by atoms with Crippen molar-refractivity contribution in [1.29, 1.82) is 0 Å². The van der Waals surface area contributed by atoms with Crippen molar-refractivity contribution in [2.24, 2.45) is 5.73 Å². The molecule has 1 aliphatic rings. The van der Waals surface area contributed by atoms with E-state index in [0.29, 0.717) is 23.6 Å². The third-order valence-corrected chi connectivity index (χ3v) is 3.93. The molecule has 1 aromatic rings. The smallest absolute Gasteiger partial charge is 0.254 e. The van der Waals surface area contributed by atoms with E-state index in [1.54, 1.807) is 25.3 Å². The molecule has 1 unspecified atom stereocenters. The Balaban J connectivity index is 2.22. The van der Waals surface area contributed by atoms with Gasteiger partial charge in [0.25, 0.3) is 5.91 Å². The number of rotatable bonds is 5. The van der Waals surface area contributed by atoms with Gasteiger partial charge in [-0.05, 0) is 51.3 Å². The Morgan fingerprint density at radius 2 is 2.14 bits per heavy atom. The van der Waals surface area contributed by atoms with Crippen molar-refractivity contribution in [3.8, 4) is 11.5 Å². The third kappa shape index (κ3) is 3.71. The molecule has 1 amide bonds. The predicted molar refractivity (Wildman–Crippen MR) is 86.5 cm³/mol. The lowest BCUT2D eigenvalue weighted by Crippen LogP contribution is -2.47. The van der Waals surface area contributed by atoms with Gasteiger partial charge in [-0.25, -0.2) is 0 Å². The van der Waals surface area contributed by atoms with E-state index in [4.69, 9.17) is 15.2 Å². The van der Waals surface area contributed by atoms with Crippen molar-refractivity contribution < 1.29 is 14.3 Å². The number of likely N-dealkylation sites (tertiary alicyclic amines) is 1. The number of methoxy groups -OCH3 is 1. The van der Waals surface area contributed by atoms with E-state index < -0.39 is 0 Å². The maximum Gasteiger partial charge on any atom is 0.254 e. The van der Waals surface area contributed by atoms with Crippen molar-refractivity contribution in [2.75, 3.05) is 20.2 Å². The zero-order valence-electron chi connectivity index (χ0n) is 13.7. The molecular weight excluding hydrogens is 280 g/mol. The fraction of sp³-hybridized carbons (Fsp3) is 0.588. The van der Waals surface area contributed by atoms with Crippen molar-refractivity contribution in [3.63, 3.8) is 0 Å². The summed E-state index contributed by atoms with van der Waals surface area (Å²) in [5, 5.41) is 0. The van der Waals surface area contributed by atoms with Gasteiger partial charge in [-0.3, -0.25) is 4.79 Å². The first-order chi connectivity index (χ1) is 10.6. The Labute approximate surface area is 132 Å². The van der Waals surface area contributed by atoms with Gasteiger partial charge < -0.3 is 20.1 Å². The largest absolute Gasteiger partial charge is 0.493 e. The molecule has 1 aliphatic heterocycles. The summed E-state index contributed by atoms with van der Waals surface area (Å²) in [4.78, 5) is 14.6. The SMILES string of the molecule is COc1cc(C(=O)N2CCCCC2CN)ccc1OC(C)C. The van der Waals surface area contributed by atoms with Gasteiger partial charge in [0.15, 0.2) is 11.5 Å². The molecule has 2 rings (SSSR count). The Morgan fingerprint density at radius 3 is 2.77 bits per heavy atom. The average molecular weight is 306 g/mol. The van der Waals surface area contributed by atoms with Crippen molar-refractivity contribution >= 4 is 5.91 Å². The molecule has 1 aromatic carbocycles. The number of nitrogens with two attached hydrogens (primary N) is 1. The molecule has 1 saturated heterocycles. The van der Waals surface area contributed by atoms with Crippen LogP contribution in [0, 0.1) is 0 Å². The first-order valence-corrected chi connectivity index (χ1v) is 7.92. The topological polar surface area (TPSA) is 64.8 Å². The normalized spacial score (nSPS) is 18.4. The van der Waals surface area contributed by atoms with Crippen LogP contribution in [0.3, 0.4) is 0 Å². The number of carbonyl (C=O) groups excluding carboxylic acids is 1. The summed E-state index contributed by atoms with van der Waals surface area (Å²) in [7, 11) is 1.58. The van der Waals surface area contributed by atoms with E-state index in [-0.39, 0.29) is 18.1 Å². The molecule has 22 heavy (non-hydrogen) atoms. The van der Waals surface area contributed by atoms with E-state index in [0.717, 1.165) is 25.8 Å². The molecule has 1 fully saturated rings. The average Bonchev–Trinajstić information content (AvgIpc) is 2.54. The highest BCUT2D eigenvalue weighted by Gasteiger charge is 2.27. The minimum Gasteiger partial charge on any atom is -0.493 e. The van der Waals surface area contributed by atoms with Gasteiger partial charge in [0, 0.05) is 24.7 Å². The van der Waals surface area contributed by atoms with Gasteiger partial charge in [0.1, 0.15) is 0 Å². The summed E-state index contributed by atoms with van der Waals surface area (Å²) in [5.41, 5.74) is 6.42. The highest BCUT2D eigenvalue weighted by molar-refractivity contribution is 5.95. The molecule has 0 aromatic heterocycles. The summed E-state index contributed by atoms with van der Waals surface area (Å²) in [6, 6.07) is 5.49. The van der Waals surface area contributed by atoms with Gasteiger partial charge in [-0.2, -0.15) is 0 Å². The second-order valence-electron chi connectivity index (χ2n) is 5.92. The summed E-state index contributed by atoms with van der Waals surface area (Å²) in [5.74, 6) is 1.26. The van der Waals surface area contributed by atoms with Gasteiger partial charge in [0.2, 0.25) is 0 Å². The molecule has 2 N–H and O–H groups in total. The van der Waals surface area contributed by atoms with Crippen LogP contribution in [0.2, 0.25) is 0 Å². The number of carbonyl (C=O) groups is 1. The molecule has 1 heterocycles. The van der Waals surface area contributed by atoms with E-state index >= 15 is 0 Å². The first-order valence-electron chi connectivity index (χ1n) is 7.92. The van der Waals surface area contributed by atoms with Crippen LogP contribution in [0.25, 0.3) is 0 Å². The second-order valence-corrected chi connectivity index (χ2v) is 5.92. The molecule has 0 radical (unpaired) electrons. The maximum atomic E-state index is 12.7. The minimum absolute atomic E-state index is 0.0181. The fourth-order valence-corrected chi connectivity index (χ4v) is 2.83. The molecule has 0 spiro atoms. The zero-order valence-corrected chi connectivity index (χ0v) is 13.7. The Bertz CT molecular complexity index is 517. The van der Waals surface area contributed by atoms with Crippen LogP contribution in [0.1, 0.15) is 43.5 Å². The molecule has 0 bridgehead atoms. The number of ether oxygens (including phenoxy) is 2. The van der Waals surface area contributed by atoms with Crippen LogP contribution >= 0.6 is 0 Å². The Morgan fingerprint density at radius 1 is 1.36 bits per heavy atom. The molecule has 1 atom stereocenters. The molecule has 0 aliphatic carbocycles. The van der Waals surface area contributed by atoms with Crippen LogP contribution in [0.15, 0.2) is 18.2 Å².